The number of esters is 1. The summed E-state index contributed by atoms with van der Waals surface area (Å²) in [6, 6.07) is 2.97. The molecule has 0 aliphatic rings. The number of hydrogen-bond donors (Lipinski definition) is 7. The van der Waals surface area contributed by atoms with E-state index in [1.165, 1.54) is 50.6 Å². The molecule has 5 aromatic rings. The quantitative estimate of drug-likeness (QED) is 0.0366. The molecule has 0 aliphatic carbocycles. The molecule has 5 rings (SSSR count). The summed E-state index contributed by atoms with van der Waals surface area (Å²) in [5, 5.41) is 24.9. The van der Waals surface area contributed by atoms with Gasteiger partial charge in [0.05, 0.1) is 18.0 Å². The Kier molecular flexibility index (Phi) is 16.5. The first kappa shape index (κ1) is 48.0. The summed E-state index contributed by atoms with van der Waals surface area (Å²) >= 11 is 0. The maximum absolute atomic E-state index is 13.2. The molecule has 0 unspecified atom stereocenters. The Labute approximate surface area is 372 Å². The molecule has 6 amide bonds. The highest BCUT2D eigenvalue weighted by atomic mass is 16.5. The number of ether oxygens (including phenoxy) is 1. The average Bonchev–Trinajstić information content (AvgIpc) is 4.08. The largest absolute Gasteiger partial charge is 0.481 e. The molecule has 0 aliphatic heterocycles. The lowest BCUT2D eigenvalue weighted by molar-refractivity contribution is -0.137. The number of carboxylic acids is 1. The van der Waals surface area contributed by atoms with Crippen molar-refractivity contribution >= 4 is 70.4 Å². The second-order valence-electron chi connectivity index (χ2n) is 14.8. The molecule has 7 N–H and O–H groups in total. The van der Waals surface area contributed by atoms with Crippen molar-refractivity contribution in [1.82, 2.24) is 48.4 Å². The fourth-order valence-electron chi connectivity index (χ4n) is 6.49. The first-order chi connectivity index (χ1) is 31.0. The summed E-state index contributed by atoms with van der Waals surface area (Å²) in [5.41, 5.74) is 1.17. The van der Waals surface area contributed by atoms with Gasteiger partial charge in [-0.1, -0.05) is 6.42 Å². The number of aryl methyl sites for hydroxylation is 5. The summed E-state index contributed by atoms with van der Waals surface area (Å²) in [6.07, 6.45) is 11.2. The molecule has 0 atom stereocenters. The number of carbonyl (C=O) groups is 8. The number of imidazole rings is 3. The molecule has 0 bridgehead atoms. The summed E-state index contributed by atoms with van der Waals surface area (Å²) in [4.78, 5) is 113. The van der Waals surface area contributed by atoms with Gasteiger partial charge in [-0.25, -0.2) is 19.7 Å². The van der Waals surface area contributed by atoms with Crippen LogP contribution >= 0.6 is 0 Å². The number of hydrogen-bond acceptors (Lipinski definition) is 12. The zero-order valence-corrected chi connectivity index (χ0v) is 36.6. The minimum Gasteiger partial charge on any atom is -0.481 e. The molecule has 24 nitrogen and oxygen atoms in total. The van der Waals surface area contributed by atoms with Gasteiger partial charge in [-0.05, 0) is 38.3 Å². The smallest absolute Gasteiger partial charge is 0.374 e. The summed E-state index contributed by atoms with van der Waals surface area (Å²) in [5.74, 6) is -3.92. The van der Waals surface area contributed by atoms with Crippen molar-refractivity contribution in [2.24, 2.45) is 28.2 Å². The van der Waals surface area contributed by atoms with E-state index in [0.717, 1.165) is 0 Å². The van der Waals surface area contributed by atoms with E-state index in [9.17, 15) is 38.4 Å². The summed E-state index contributed by atoms with van der Waals surface area (Å²) in [6.45, 7) is 2.31. The highest BCUT2D eigenvalue weighted by Gasteiger charge is 2.21. The molecule has 5 aromatic heterocycles. The average molecular weight is 901 g/mol. The third-order valence-electron chi connectivity index (χ3n) is 9.66. The molecule has 5 heterocycles. The van der Waals surface area contributed by atoms with Crippen molar-refractivity contribution in [2.75, 3.05) is 41.0 Å². The highest BCUT2D eigenvalue weighted by Crippen LogP contribution is 2.18. The number of nitrogens with one attached hydrogen (secondary N) is 6. The van der Waals surface area contributed by atoms with Crippen LogP contribution in [0.1, 0.15) is 105 Å². The lowest BCUT2D eigenvalue weighted by Crippen LogP contribution is -2.29. The van der Waals surface area contributed by atoms with Crippen molar-refractivity contribution in [2.45, 2.75) is 58.4 Å². The van der Waals surface area contributed by atoms with Gasteiger partial charge in [0.1, 0.15) is 11.4 Å². The van der Waals surface area contributed by atoms with E-state index < -0.39 is 47.4 Å². The Hall–Kier alpha value is -8.05. The fourth-order valence-corrected chi connectivity index (χ4v) is 6.49. The lowest BCUT2D eigenvalue weighted by Gasteiger charge is -2.06. The van der Waals surface area contributed by atoms with Crippen LogP contribution in [-0.2, 0) is 53.9 Å². The van der Waals surface area contributed by atoms with E-state index in [4.69, 9.17) is 9.84 Å². The van der Waals surface area contributed by atoms with E-state index in [0.29, 0.717) is 37.2 Å². The third-order valence-corrected chi connectivity index (χ3v) is 9.66. The third kappa shape index (κ3) is 13.5. The maximum atomic E-state index is 13.2. The number of carboxylic acid groups (broad SMARTS) is 1. The van der Waals surface area contributed by atoms with Crippen LogP contribution in [0.3, 0.4) is 0 Å². The van der Waals surface area contributed by atoms with Crippen molar-refractivity contribution in [1.29, 1.82) is 0 Å². The van der Waals surface area contributed by atoms with Crippen LogP contribution in [0.4, 0.5) is 23.0 Å². The van der Waals surface area contributed by atoms with Crippen LogP contribution in [0.15, 0.2) is 49.3 Å². The number of carbonyl (C=O) groups excluding carboxylic acids is 7. The van der Waals surface area contributed by atoms with Crippen molar-refractivity contribution in [3.8, 4) is 0 Å². The number of unbranched alkanes of at least 4 members (excludes halogenated alkanes) is 2. The number of rotatable bonds is 23. The molecule has 65 heavy (non-hydrogen) atoms. The van der Waals surface area contributed by atoms with E-state index >= 15 is 0 Å². The van der Waals surface area contributed by atoms with Crippen LogP contribution < -0.4 is 31.9 Å². The van der Waals surface area contributed by atoms with Crippen molar-refractivity contribution < 1.29 is 48.2 Å². The zero-order valence-electron chi connectivity index (χ0n) is 36.6. The number of aromatic nitrogens is 8. The number of aliphatic carboxylic acids is 1. The van der Waals surface area contributed by atoms with Crippen LogP contribution in [0, 0.1) is 0 Å². The minimum atomic E-state index is -0.878. The number of amides is 6. The molecule has 0 saturated heterocycles. The molecule has 346 valence electrons. The normalized spacial score (nSPS) is 10.8. The van der Waals surface area contributed by atoms with Gasteiger partial charge < -0.3 is 64.6 Å². The second-order valence-corrected chi connectivity index (χ2v) is 14.8. The predicted molar refractivity (Wildman–Crippen MR) is 233 cm³/mol. The molecule has 0 spiro atoms. The van der Waals surface area contributed by atoms with Gasteiger partial charge in [0.2, 0.25) is 23.5 Å². The maximum Gasteiger partial charge on any atom is 0.374 e. The van der Waals surface area contributed by atoms with Gasteiger partial charge in [0.15, 0.2) is 17.5 Å². The van der Waals surface area contributed by atoms with Gasteiger partial charge in [0, 0.05) is 104 Å². The minimum absolute atomic E-state index is 0.0144. The number of nitrogens with zero attached hydrogens (tertiary/aromatic N) is 8. The first-order valence-corrected chi connectivity index (χ1v) is 20.6. The molecule has 0 radical (unpaired) electrons. The summed E-state index contributed by atoms with van der Waals surface area (Å²) in [7, 11) is 6.51. The molecular weight excluding hydrogens is 849 g/mol. The van der Waals surface area contributed by atoms with Crippen LogP contribution in [-0.4, -0.2) is 110 Å². The van der Waals surface area contributed by atoms with Gasteiger partial charge in [-0.15, -0.1) is 0 Å². The highest BCUT2D eigenvalue weighted by molar-refractivity contribution is 6.04. The Morgan fingerprint density at radius 1 is 0.600 bits per heavy atom. The van der Waals surface area contributed by atoms with E-state index in [1.807, 2.05) is 0 Å². The molecule has 0 saturated carbocycles. The molecule has 0 fully saturated rings. The Bertz CT molecular complexity index is 2560. The first-order valence-electron chi connectivity index (χ1n) is 20.6. The zero-order chi connectivity index (χ0) is 47.2. The topological polar surface area (TPSA) is 302 Å². The van der Waals surface area contributed by atoms with Gasteiger partial charge in [-0.2, -0.15) is 0 Å². The standard InChI is InChI=1S/C41H52N14O10/c1-6-65-41(64)36-50-30(24-55(36)17-9-7-8-12-33(58)59)48-31(56)11-10-14-43-37(60)27-20-26(22-52(27)3)46-40(63)35-49-29(23-54(35)5)47-32(57)13-15-44-38(61)28-19-25(21-53(28)4)45-39(62)34-42-16-18-51(34)2/h16,18-24H,6-15,17H2,1-5H3,(H,43,60)(H,44,61)(H,45,62)(H,46,63)(H,47,57)(H,48,56)(H,58,59). The Morgan fingerprint density at radius 2 is 1.18 bits per heavy atom. The van der Waals surface area contributed by atoms with Gasteiger partial charge in [0.25, 0.3) is 23.6 Å². The molecular formula is C41H52N14O10. The van der Waals surface area contributed by atoms with Gasteiger partial charge in [-0.3, -0.25) is 33.6 Å². The van der Waals surface area contributed by atoms with E-state index in [1.54, 1.807) is 56.6 Å². The van der Waals surface area contributed by atoms with E-state index in [2.05, 4.69) is 46.9 Å². The predicted octanol–water partition coefficient (Wildman–Crippen LogP) is 2.26. The fraction of sp³-hybridized carbons (Fsp3) is 0.390. The van der Waals surface area contributed by atoms with Crippen LogP contribution in [0.5, 0.6) is 0 Å². The van der Waals surface area contributed by atoms with Crippen LogP contribution in [0.2, 0.25) is 0 Å². The number of anilines is 4. The summed E-state index contributed by atoms with van der Waals surface area (Å²) < 4.78 is 12.7. The second kappa shape index (κ2) is 22.3. The SMILES string of the molecule is CCOC(=O)c1nc(NC(=O)CCCNC(=O)c2cc(NC(=O)c3nc(NC(=O)CCNC(=O)c4cc(NC(=O)c5nccn5C)cn4C)cn3C)cn2C)cn1CCCCCC(=O)O. The van der Waals surface area contributed by atoms with E-state index in [-0.39, 0.29) is 85.9 Å². The van der Waals surface area contributed by atoms with Crippen LogP contribution in [0.25, 0.3) is 0 Å². The Balaban J connectivity index is 1.03. The molecule has 24 heteroatoms. The van der Waals surface area contributed by atoms with Crippen molar-refractivity contribution in [3.05, 3.63) is 78.2 Å². The lowest BCUT2D eigenvalue weighted by atomic mass is 10.2. The van der Waals surface area contributed by atoms with Gasteiger partial charge >= 0.3 is 11.9 Å². The van der Waals surface area contributed by atoms with Crippen molar-refractivity contribution in [3.63, 3.8) is 0 Å². The Morgan fingerprint density at radius 3 is 1.78 bits per heavy atom. The molecule has 0 aromatic carbocycles. The monoisotopic (exact) mass is 900 g/mol.